The third kappa shape index (κ3) is 2.31. The second kappa shape index (κ2) is 4.93. The van der Waals surface area contributed by atoms with Gasteiger partial charge >= 0.3 is 5.97 Å². The molecule has 0 saturated carbocycles. The topological polar surface area (TPSA) is 79.7 Å². The summed E-state index contributed by atoms with van der Waals surface area (Å²) >= 11 is 3.29. The number of carboxylic acid groups (broad SMARTS) is 1. The van der Waals surface area contributed by atoms with Crippen LogP contribution >= 0.6 is 15.9 Å². The van der Waals surface area contributed by atoms with Crippen molar-refractivity contribution in [3.05, 3.63) is 16.7 Å². The van der Waals surface area contributed by atoms with Crippen LogP contribution in [-0.4, -0.2) is 35.6 Å². The maximum Gasteiger partial charge on any atom is 0.308 e. The zero-order valence-electron chi connectivity index (χ0n) is 9.59. The predicted octanol–water partition coefficient (Wildman–Crippen LogP) is 1.29. The molecule has 1 aromatic heterocycles. The van der Waals surface area contributed by atoms with E-state index >= 15 is 0 Å². The molecule has 1 aliphatic rings. The monoisotopic (exact) mass is 314 g/mol. The normalized spacial score (nSPS) is 19.1. The van der Waals surface area contributed by atoms with Crippen LogP contribution in [0.3, 0.4) is 0 Å². The lowest BCUT2D eigenvalue weighted by atomic mass is 10.1. The predicted molar refractivity (Wildman–Crippen MR) is 66.6 cm³/mol. The van der Waals surface area contributed by atoms with Gasteiger partial charge in [0, 0.05) is 25.2 Å². The van der Waals surface area contributed by atoms with Gasteiger partial charge in [0.2, 0.25) is 11.8 Å². The van der Waals surface area contributed by atoms with E-state index in [1.165, 1.54) is 18.2 Å². The van der Waals surface area contributed by atoms with Gasteiger partial charge in [-0.2, -0.15) is 0 Å². The van der Waals surface area contributed by atoms with Crippen molar-refractivity contribution in [2.24, 2.45) is 5.92 Å². The summed E-state index contributed by atoms with van der Waals surface area (Å²) < 4.78 is 5.62. The molecule has 1 unspecified atom stereocenters. The number of carboxylic acids is 1. The minimum Gasteiger partial charge on any atom is -0.481 e. The summed E-state index contributed by atoms with van der Waals surface area (Å²) in [6.07, 6.45) is 1.54. The summed E-state index contributed by atoms with van der Waals surface area (Å²) in [7, 11) is 1.48. The molecule has 18 heavy (non-hydrogen) atoms. The van der Waals surface area contributed by atoms with E-state index in [0.29, 0.717) is 16.0 Å². The number of methoxy groups -OCH3 is 1. The third-order valence-electron chi connectivity index (χ3n) is 2.78. The van der Waals surface area contributed by atoms with Crippen LogP contribution in [0, 0.1) is 5.92 Å². The molecule has 7 heteroatoms. The number of amides is 1. The van der Waals surface area contributed by atoms with Crippen molar-refractivity contribution < 1.29 is 19.4 Å². The van der Waals surface area contributed by atoms with E-state index in [1.54, 1.807) is 6.07 Å². The minimum absolute atomic E-state index is 0.0202. The first-order chi connectivity index (χ1) is 8.52. The van der Waals surface area contributed by atoms with Crippen molar-refractivity contribution in [1.29, 1.82) is 0 Å². The van der Waals surface area contributed by atoms with Crippen LogP contribution in [-0.2, 0) is 9.59 Å². The Bertz CT molecular complexity index is 506. The number of rotatable bonds is 3. The molecule has 96 valence electrons. The summed E-state index contributed by atoms with van der Waals surface area (Å²) in [4.78, 5) is 28.1. The van der Waals surface area contributed by atoms with Crippen molar-refractivity contribution in [1.82, 2.24) is 4.98 Å². The molecule has 2 rings (SSSR count). The molecule has 1 aromatic rings. The molecule has 1 N–H and O–H groups in total. The maximum atomic E-state index is 11.8. The van der Waals surface area contributed by atoms with Crippen LogP contribution in [0.25, 0.3) is 0 Å². The van der Waals surface area contributed by atoms with Gasteiger partial charge in [0.15, 0.2) is 0 Å². The van der Waals surface area contributed by atoms with E-state index < -0.39 is 11.9 Å². The summed E-state index contributed by atoms with van der Waals surface area (Å²) in [5.41, 5.74) is 0.579. The van der Waals surface area contributed by atoms with Crippen LogP contribution in [0.2, 0.25) is 0 Å². The van der Waals surface area contributed by atoms with E-state index in [2.05, 4.69) is 20.9 Å². The van der Waals surface area contributed by atoms with E-state index in [4.69, 9.17) is 9.84 Å². The Balaban J connectivity index is 2.32. The van der Waals surface area contributed by atoms with Crippen LogP contribution < -0.4 is 9.64 Å². The Kier molecular flexibility index (Phi) is 3.51. The number of nitrogens with zero attached hydrogens (tertiary/aromatic N) is 2. The number of anilines is 1. The fourth-order valence-corrected chi connectivity index (χ4v) is 2.26. The van der Waals surface area contributed by atoms with Crippen LogP contribution in [0.5, 0.6) is 5.88 Å². The zero-order valence-corrected chi connectivity index (χ0v) is 11.2. The molecule has 1 saturated heterocycles. The van der Waals surface area contributed by atoms with Gasteiger partial charge in [0.1, 0.15) is 0 Å². The number of halogens is 1. The molecule has 0 spiro atoms. The van der Waals surface area contributed by atoms with E-state index in [-0.39, 0.29) is 18.9 Å². The van der Waals surface area contributed by atoms with Gasteiger partial charge < -0.3 is 14.7 Å². The van der Waals surface area contributed by atoms with Crippen molar-refractivity contribution in [2.75, 3.05) is 18.6 Å². The average molecular weight is 315 g/mol. The highest BCUT2D eigenvalue weighted by molar-refractivity contribution is 9.10. The highest BCUT2D eigenvalue weighted by Crippen LogP contribution is 2.33. The molecule has 2 heterocycles. The molecule has 0 aliphatic carbocycles. The molecular weight excluding hydrogens is 304 g/mol. The SMILES string of the molecule is COc1cc(N2CC(C(=O)O)CC2=O)c(Br)cn1. The summed E-state index contributed by atoms with van der Waals surface area (Å²) in [6, 6.07) is 1.60. The van der Waals surface area contributed by atoms with Gasteiger partial charge in [-0.15, -0.1) is 0 Å². The number of carbonyl (C=O) groups excluding carboxylic acids is 1. The summed E-state index contributed by atoms with van der Waals surface area (Å²) in [6.45, 7) is 0.167. The lowest BCUT2D eigenvalue weighted by Crippen LogP contribution is -2.26. The number of ether oxygens (including phenoxy) is 1. The fourth-order valence-electron chi connectivity index (χ4n) is 1.83. The number of aliphatic carboxylic acids is 1. The molecule has 0 radical (unpaired) electrons. The van der Waals surface area contributed by atoms with Crippen molar-refractivity contribution in [3.8, 4) is 5.88 Å². The number of hydrogen-bond donors (Lipinski definition) is 1. The standard InChI is InChI=1S/C11H11BrN2O4/c1-18-9-3-8(7(12)4-13-9)14-5-6(11(16)17)2-10(14)15/h3-4,6H,2,5H2,1H3,(H,16,17). The molecule has 1 aliphatic heterocycles. The maximum absolute atomic E-state index is 11.8. The first-order valence-corrected chi connectivity index (χ1v) is 6.05. The van der Waals surface area contributed by atoms with Gasteiger partial charge in [-0.3, -0.25) is 9.59 Å². The Morgan fingerprint density at radius 2 is 2.39 bits per heavy atom. The van der Waals surface area contributed by atoms with Crippen LogP contribution in [0.1, 0.15) is 6.42 Å². The summed E-state index contributed by atoms with van der Waals surface area (Å²) in [5.74, 6) is -1.46. The fraction of sp³-hybridized carbons (Fsp3) is 0.364. The van der Waals surface area contributed by atoms with Gasteiger partial charge in [-0.25, -0.2) is 4.98 Å². The lowest BCUT2D eigenvalue weighted by molar-refractivity contribution is -0.141. The average Bonchev–Trinajstić information content (AvgIpc) is 2.72. The molecule has 6 nitrogen and oxygen atoms in total. The Hall–Kier alpha value is -1.63. The highest BCUT2D eigenvalue weighted by atomic mass is 79.9. The highest BCUT2D eigenvalue weighted by Gasteiger charge is 2.36. The Morgan fingerprint density at radius 1 is 1.67 bits per heavy atom. The van der Waals surface area contributed by atoms with E-state index in [0.717, 1.165) is 0 Å². The quantitative estimate of drug-likeness (QED) is 0.909. The van der Waals surface area contributed by atoms with Crippen molar-refractivity contribution in [2.45, 2.75) is 6.42 Å². The van der Waals surface area contributed by atoms with E-state index in [9.17, 15) is 9.59 Å². The Labute approximate surface area is 112 Å². The zero-order chi connectivity index (χ0) is 13.3. The first-order valence-electron chi connectivity index (χ1n) is 5.25. The molecular formula is C11H11BrN2O4. The van der Waals surface area contributed by atoms with Gasteiger partial charge in [-0.1, -0.05) is 0 Å². The van der Waals surface area contributed by atoms with E-state index in [1.807, 2.05) is 0 Å². The van der Waals surface area contributed by atoms with Crippen LogP contribution in [0.15, 0.2) is 16.7 Å². The number of aromatic nitrogens is 1. The Morgan fingerprint density at radius 3 is 2.94 bits per heavy atom. The molecule has 1 atom stereocenters. The number of pyridine rings is 1. The van der Waals surface area contributed by atoms with Gasteiger partial charge in [0.25, 0.3) is 0 Å². The second-order valence-corrected chi connectivity index (χ2v) is 4.78. The molecule has 0 bridgehead atoms. The second-order valence-electron chi connectivity index (χ2n) is 3.92. The van der Waals surface area contributed by atoms with Crippen LogP contribution in [0.4, 0.5) is 5.69 Å². The largest absolute Gasteiger partial charge is 0.481 e. The van der Waals surface area contributed by atoms with Gasteiger partial charge in [-0.05, 0) is 15.9 Å². The number of hydrogen-bond acceptors (Lipinski definition) is 4. The number of carbonyl (C=O) groups is 2. The third-order valence-corrected chi connectivity index (χ3v) is 3.40. The molecule has 1 fully saturated rings. The smallest absolute Gasteiger partial charge is 0.308 e. The molecule has 0 aromatic carbocycles. The molecule has 1 amide bonds. The lowest BCUT2D eigenvalue weighted by Gasteiger charge is -2.18. The first kappa shape index (κ1) is 12.8. The van der Waals surface area contributed by atoms with Crippen molar-refractivity contribution in [3.63, 3.8) is 0 Å². The summed E-state index contributed by atoms with van der Waals surface area (Å²) in [5, 5.41) is 8.94. The van der Waals surface area contributed by atoms with Gasteiger partial charge in [0.05, 0.1) is 23.2 Å². The minimum atomic E-state index is -0.956. The van der Waals surface area contributed by atoms with Crippen molar-refractivity contribution >= 4 is 33.5 Å².